The van der Waals surface area contributed by atoms with Gasteiger partial charge in [-0.2, -0.15) is 0 Å². The standard InChI is InChI=1S/C20H26N4O2S/c1-15(18-9-5-12-27-18)13-23-20(21-2)22-10-6-11-24-16-7-3-4-8-17(16)26-14-19(24)25/h3-5,7-9,12,15H,6,10-11,13-14H2,1-2H3,(H2,21,22,23). The van der Waals surface area contributed by atoms with Gasteiger partial charge in [0.2, 0.25) is 0 Å². The van der Waals surface area contributed by atoms with Crippen LogP contribution in [0.1, 0.15) is 24.1 Å². The molecular weight excluding hydrogens is 360 g/mol. The van der Waals surface area contributed by atoms with Gasteiger partial charge in [0.25, 0.3) is 5.91 Å². The number of rotatable bonds is 7. The van der Waals surface area contributed by atoms with E-state index in [0.29, 0.717) is 12.5 Å². The lowest BCUT2D eigenvalue weighted by atomic mass is 10.1. The lowest BCUT2D eigenvalue weighted by Crippen LogP contribution is -2.42. The molecule has 1 aliphatic rings. The number of anilines is 1. The number of thiophene rings is 1. The molecule has 1 atom stereocenters. The molecule has 27 heavy (non-hydrogen) atoms. The minimum atomic E-state index is 0.000907. The van der Waals surface area contributed by atoms with Gasteiger partial charge in [-0.05, 0) is 30.0 Å². The van der Waals surface area contributed by atoms with Gasteiger partial charge in [0, 0.05) is 37.5 Å². The number of para-hydroxylation sites is 2. The fourth-order valence-corrected chi connectivity index (χ4v) is 3.77. The van der Waals surface area contributed by atoms with Gasteiger partial charge in [-0.3, -0.25) is 9.79 Å². The number of guanidine groups is 1. The predicted molar refractivity (Wildman–Crippen MR) is 111 cm³/mol. The maximum atomic E-state index is 12.2. The van der Waals surface area contributed by atoms with E-state index in [-0.39, 0.29) is 12.5 Å². The number of benzene rings is 1. The minimum Gasteiger partial charge on any atom is -0.482 e. The van der Waals surface area contributed by atoms with Crippen LogP contribution in [-0.2, 0) is 4.79 Å². The molecule has 6 nitrogen and oxygen atoms in total. The van der Waals surface area contributed by atoms with E-state index in [1.807, 2.05) is 24.3 Å². The Morgan fingerprint density at radius 3 is 2.93 bits per heavy atom. The number of hydrogen-bond acceptors (Lipinski definition) is 4. The van der Waals surface area contributed by atoms with Crippen molar-refractivity contribution in [1.29, 1.82) is 0 Å². The summed E-state index contributed by atoms with van der Waals surface area (Å²) in [4.78, 5) is 19.6. The zero-order valence-corrected chi connectivity index (χ0v) is 16.6. The van der Waals surface area contributed by atoms with Crippen LogP contribution < -0.4 is 20.3 Å². The number of carbonyl (C=O) groups excluding carboxylic acids is 1. The van der Waals surface area contributed by atoms with Gasteiger partial charge in [-0.1, -0.05) is 25.1 Å². The van der Waals surface area contributed by atoms with E-state index in [2.05, 4.69) is 40.1 Å². The van der Waals surface area contributed by atoms with Crippen molar-refractivity contribution in [3.8, 4) is 5.75 Å². The summed E-state index contributed by atoms with van der Waals surface area (Å²) in [6.07, 6.45) is 0.821. The molecule has 0 saturated carbocycles. The summed E-state index contributed by atoms with van der Waals surface area (Å²) in [6.45, 7) is 4.52. The lowest BCUT2D eigenvalue weighted by molar-refractivity contribution is -0.121. The topological polar surface area (TPSA) is 66.0 Å². The molecule has 1 unspecified atom stereocenters. The van der Waals surface area contributed by atoms with Crippen molar-refractivity contribution in [2.45, 2.75) is 19.3 Å². The zero-order valence-electron chi connectivity index (χ0n) is 15.8. The smallest absolute Gasteiger partial charge is 0.265 e. The van der Waals surface area contributed by atoms with Crippen molar-refractivity contribution in [3.63, 3.8) is 0 Å². The molecule has 1 aliphatic heterocycles. The van der Waals surface area contributed by atoms with Crippen LogP contribution in [0.2, 0.25) is 0 Å². The molecule has 2 N–H and O–H groups in total. The second-order valence-electron chi connectivity index (χ2n) is 6.45. The van der Waals surface area contributed by atoms with E-state index in [1.54, 1.807) is 23.3 Å². The van der Waals surface area contributed by atoms with Crippen LogP contribution in [-0.4, -0.2) is 45.2 Å². The molecule has 1 aromatic heterocycles. The predicted octanol–water partition coefficient (Wildman–Crippen LogP) is 2.83. The van der Waals surface area contributed by atoms with Crippen molar-refractivity contribution in [2.24, 2.45) is 4.99 Å². The fourth-order valence-electron chi connectivity index (χ4n) is 2.99. The van der Waals surface area contributed by atoms with E-state index in [9.17, 15) is 4.79 Å². The van der Waals surface area contributed by atoms with E-state index < -0.39 is 0 Å². The third kappa shape index (κ3) is 5.01. The molecule has 1 amide bonds. The second kappa shape index (κ2) is 9.41. The van der Waals surface area contributed by atoms with Crippen molar-refractivity contribution in [3.05, 3.63) is 46.7 Å². The number of nitrogens with zero attached hydrogens (tertiary/aromatic N) is 2. The molecular formula is C20H26N4O2S. The van der Waals surface area contributed by atoms with Crippen molar-refractivity contribution in [1.82, 2.24) is 10.6 Å². The number of aliphatic imine (C=N–C) groups is 1. The van der Waals surface area contributed by atoms with Gasteiger partial charge in [0.15, 0.2) is 12.6 Å². The van der Waals surface area contributed by atoms with E-state index in [4.69, 9.17) is 4.74 Å². The molecule has 0 fully saturated rings. The van der Waals surface area contributed by atoms with Crippen molar-refractivity contribution >= 4 is 28.9 Å². The summed E-state index contributed by atoms with van der Waals surface area (Å²) >= 11 is 1.77. The largest absolute Gasteiger partial charge is 0.482 e. The Bertz CT molecular complexity index is 776. The highest BCUT2D eigenvalue weighted by Gasteiger charge is 2.24. The maximum absolute atomic E-state index is 12.2. The van der Waals surface area contributed by atoms with E-state index >= 15 is 0 Å². The molecule has 0 spiro atoms. The molecule has 0 radical (unpaired) electrons. The van der Waals surface area contributed by atoms with Gasteiger partial charge in [-0.15, -0.1) is 11.3 Å². The lowest BCUT2D eigenvalue weighted by Gasteiger charge is -2.29. The van der Waals surface area contributed by atoms with Gasteiger partial charge < -0.3 is 20.3 Å². The summed E-state index contributed by atoms with van der Waals surface area (Å²) in [5.41, 5.74) is 0.848. The van der Waals surface area contributed by atoms with Crippen LogP contribution in [0.25, 0.3) is 0 Å². The molecule has 2 heterocycles. The van der Waals surface area contributed by atoms with E-state index in [0.717, 1.165) is 36.9 Å². The first-order valence-corrected chi connectivity index (χ1v) is 10.1. The molecule has 1 aromatic carbocycles. The Kier molecular flexibility index (Phi) is 6.70. The Balaban J connectivity index is 1.43. The van der Waals surface area contributed by atoms with Gasteiger partial charge in [-0.25, -0.2) is 0 Å². The maximum Gasteiger partial charge on any atom is 0.265 e. The number of carbonyl (C=O) groups is 1. The number of nitrogens with one attached hydrogen (secondary N) is 2. The third-order valence-corrected chi connectivity index (χ3v) is 5.59. The van der Waals surface area contributed by atoms with Crippen LogP contribution in [0.15, 0.2) is 46.8 Å². The SMILES string of the molecule is CN=C(NCCCN1C(=O)COc2ccccc21)NCC(C)c1cccs1. The quantitative estimate of drug-likeness (QED) is 0.436. The van der Waals surface area contributed by atoms with Crippen molar-refractivity contribution in [2.75, 3.05) is 38.2 Å². The summed E-state index contributed by atoms with van der Waals surface area (Å²) in [5, 5.41) is 8.79. The molecule has 0 saturated heterocycles. The molecule has 0 bridgehead atoms. The zero-order chi connectivity index (χ0) is 19.1. The number of ether oxygens (including phenoxy) is 1. The molecule has 7 heteroatoms. The first-order valence-electron chi connectivity index (χ1n) is 9.19. The summed E-state index contributed by atoms with van der Waals surface area (Å²) < 4.78 is 5.48. The highest BCUT2D eigenvalue weighted by atomic mass is 32.1. The molecule has 144 valence electrons. The first kappa shape index (κ1) is 19.2. The highest BCUT2D eigenvalue weighted by Crippen LogP contribution is 2.31. The van der Waals surface area contributed by atoms with E-state index in [1.165, 1.54) is 4.88 Å². The number of fused-ring (bicyclic) bond motifs is 1. The Morgan fingerprint density at radius 1 is 1.30 bits per heavy atom. The summed E-state index contributed by atoms with van der Waals surface area (Å²) in [5.74, 6) is 1.99. The normalized spacial score (nSPS) is 15.1. The third-order valence-electron chi connectivity index (χ3n) is 4.49. The minimum absolute atomic E-state index is 0.000907. The number of hydrogen-bond donors (Lipinski definition) is 2. The molecule has 3 rings (SSSR count). The van der Waals surface area contributed by atoms with Crippen LogP contribution in [0.4, 0.5) is 5.69 Å². The molecule has 0 aliphatic carbocycles. The average molecular weight is 387 g/mol. The Hall–Kier alpha value is -2.54. The second-order valence-corrected chi connectivity index (χ2v) is 7.43. The van der Waals surface area contributed by atoms with Gasteiger partial charge in [0.05, 0.1) is 5.69 Å². The number of amides is 1. The van der Waals surface area contributed by atoms with Crippen LogP contribution in [0.5, 0.6) is 5.75 Å². The van der Waals surface area contributed by atoms with Crippen LogP contribution in [0, 0.1) is 0 Å². The fraction of sp³-hybridized carbons (Fsp3) is 0.400. The van der Waals surface area contributed by atoms with Gasteiger partial charge >= 0.3 is 0 Å². The Labute approximate surface area is 164 Å². The Morgan fingerprint density at radius 2 is 2.15 bits per heavy atom. The summed E-state index contributed by atoms with van der Waals surface area (Å²) in [7, 11) is 1.77. The van der Waals surface area contributed by atoms with Crippen LogP contribution >= 0.6 is 11.3 Å². The highest BCUT2D eigenvalue weighted by molar-refractivity contribution is 7.10. The van der Waals surface area contributed by atoms with Crippen LogP contribution in [0.3, 0.4) is 0 Å². The summed E-state index contributed by atoms with van der Waals surface area (Å²) in [6, 6.07) is 11.9. The average Bonchev–Trinajstić information content (AvgIpc) is 3.23. The van der Waals surface area contributed by atoms with Gasteiger partial charge in [0.1, 0.15) is 5.75 Å². The molecule has 2 aromatic rings. The first-order chi connectivity index (χ1) is 13.2. The van der Waals surface area contributed by atoms with Crippen molar-refractivity contribution < 1.29 is 9.53 Å². The monoisotopic (exact) mass is 386 g/mol.